The van der Waals surface area contributed by atoms with Gasteiger partial charge in [0.2, 0.25) is 5.91 Å². The minimum Gasteiger partial charge on any atom is -0.444 e. The molecule has 126 valence electrons. The van der Waals surface area contributed by atoms with Crippen LogP contribution in [0.15, 0.2) is 0 Å². The Morgan fingerprint density at radius 3 is 2.41 bits per heavy atom. The average molecular weight is 311 g/mol. The van der Waals surface area contributed by atoms with E-state index in [1.54, 1.807) is 4.90 Å². The molecule has 1 aliphatic heterocycles. The summed E-state index contributed by atoms with van der Waals surface area (Å²) >= 11 is 0. The van der Waals surface area contributed by atoms with Crippen LogP contribution in [0.1, 0.15) is 47.5 Å². The normalized spacial score (nSPS) is 30.9. The molecule has 2 N–H and O–H groups in total. The second-order valence-corrected chi connectivity index (χ2v) is 8.08. The van der Waals surface area contributed by atoms with Gasteiger partial charge in [0.25, 0.3) is 0 Å². The quantitative estimate of drug-likeness (QED) is 0.828. The maximum atomic E-state index is 12.0. The highest BCUT2D eigenvalue weighted by molar-refractivity contribution is 5.83. The van der Waals surface area contributed by atoms with Gasteiger partial charge in [-0.25, -0.2) is 4.79 Å². The minimum atomic E-state index is -0.490. The molecule has 6 nitrogen and oxygen atoms in total. The lowest BCUT2D eigenvalue weighted by Gasteiger charge is -2.53. The first-order valence-corrected chi connectivity index (χ1v) is 8.01. The Labute approximate surface area is 132 Å². The van der Waals surface area contributed by atoms with Crippen LogP contribution in [0.25, 0.3) is 0 Å². The molecule has 2 fully saturated rings. The number of carbonyl (C=O) groups excluding carboxylic acids is 2. The first-order chi connectivity index (χ1) is 10.0. The van der Waals surface area contributed by atoms with Crippen molar-refractivity contribution in [3.63, 3.8) is 0 Å². The summed E-state index contributed by atoms with van der Waals surface area (Å²) in [7, 11) is 1.84. The molecule has 1 saturated heterocycles. The van der Waals surface area contributed by atoms with Crippen molar-refractivity contribution in [3.8, 4) is 0 Å². The number of alkyl carbamates (subject to hydrolysis) is 1. The van der Waals surface area contributed by atoms with Crippen LogP contribution in [0, 0.1) is 5.41 Å². The number of likely N-dealkylation sites (N-methyl/N-ethyl adjacent to an activating group) is 1. The molecule has 0 bridgehead atoms. The molecule has 1 aliphatic carbocycles. The number of hydrogen-bond acceptors (Lipinski definition) is 4. The van der Waals surface area contributed by atoms with Gasteiger partial charge in [-0.15, -0.1) is 0 Å². The van der Waals surface area contributed by atoms with Gasteiger partial charge in [-0.3, -0.25) is 4.79 Å². The van der Waals surface area contributed by atoms with Gasteiger partial charge in [0, 0.05) is 31.1 Å². The minimum absolute atomic E-state index is 0.0640. The summed E-state index contributed by atoms with van der Waals surface area (Å²) in [5.74, 6) is 0.166. The van der Waals surface area contributed by atoms with E-state index in [9.17, 15) is 9.59 Å². The van der Waals surface area contributed by atoms with Crippen molar-refractivity contribution < 1.29 is 14.3 Å². The zero-order valence-corrected chi connectivity index (χ0v) is 14.5. The van der Waals surface area contributed by atoms with Gasteiger partial charge in [0.05, 0.1) is 6.04 Å². The average Bonchev–Trinajstić information content (AvgIpc) is 2.67. The maximum Gasteiger partial charge on any atom is 0.407 e. The molecule has 2 amide bonds. The summed E-state index contributed by atoms with van der Waals surface area (Å²) < 4.78 is 5.31. The molecule has 6 heteroatoms. The van der Waals surface area contributed by atoms with Crippen molar-refractivity contribution >= 4 is 12.0 Å². The predicted octanol–water partition coefficient (Wildman–Crippen LogP) is 1.50. The highest BCUT2D eigenvalue weighted by Gasteiger charge is 2.50. The van der Waals surface area contributed by atoms with E-state index in [0.29, 0.717) is 0 Å². The van der Waals surface area contributed by atoms with Crippen molar-refractivity contribution in [2.24, 2.45) is 5.41 Å². The Balaban J connectivity index is 1.85. The highest BCUT2D eigenvalue weighted by atomic mass is 16.6. The first kappa shape index (κ1) is 17.1. The number of likely N-dealkylation sites (tertiary alicyclic amines) is 1. The molecular formula is C16H29N3O3. The SMILES string of the molecule is CN1CC[C@H](N[C@H]2C[C@@H](NC(=O)OC(C)(C)C)C2(C)C)C1=O. The fourth-order valence-corrected chi connectivity index (χ4v) is 3.12. The van der Waals surface area contributed by atoms with Crippen molar-refractivity contribution in [2.45, 2.75) is 71.2 Å². The van der Waals surface area contributed by atoms with E-state index in [-0.39, 0.29) is 35.5 Å². The maximum absolute atomic E-state index is 12.0. The van der Waals surface area contributed by atoms with E-state index in [2.05, 4.69) is 24.5 Å². The van der Waals surface area contributed by atoms with Crippen LogP contribution in [0.4, 0.5) is 4.79 Å². The predicted molar refractivity (Wildman–Crippen MR) is 84.5 cm³/mol. The van der Waals surface area contributed by atoms with Crippen LogP contribution in [-0.4, -0.2) is 54.2 Å². The lowest BCUT2D eigenvalue weighted by Crippen LogP contribution is -2.67. The lowest BCUT2D eigenvalue weighted by atomic mass is 9.62. The fourth-order valence-electron chi connectivity index (χ4n) is 3.12. The summed E-state index contributed by atoms with van der Waals surface area (Å²) in [5.41, 5.74) is -0.588. The second-order valence-electron chi connectivity index (χ2n) is 8.08. The second kappa shape index (κ2) is 5.72. The Morgan fingerprint density at radius 2 is 1.95 bits per heavy atom. The molecule has 0 aromatic heterocycles. The summed E-state index contributed by atoms with van der Waals surface area (Å²) in [6, 6.07) is 0.207. The zero-order valence-electron chi connectivity index (χ0n) is 14.5. The van der Waals surface area contributed by atoms with Crippen molar-refractivity contribution in [3.05, 3.63) is 0 Å². The Kier molecular flexibility index (Phi) is 4.44. The molecule has 3 atom stereocenters. The van der Waals surface area contributed by atoms with Gasteiger partial charge in [0.1, 0.15) is 5.60 Å². The van der Waals surface area contributed by atoms with Crippen LogP contribution >= 0.6 is 0 Å². The molecule has 22 heavy (non-hydrogen) atoms. The zero-order chi connectivity index (χ0) is 16.7. The molecule has 0 radical (unpaired) electrons. The highest BCUT2D eigenvalue weighted by Crippen LogP contribution is 2.41. The summed E-state index contributed by atoms with van der Waals surface area (Å²) in [6.07, 6.45) is 1.30. The Morgan fingerprint density at radius 1 is 1.32 bits per heavy atom. The first-order valence-electron chi connectivity index (χ1n) is 8.01. The van der Waals surface area contributed by atoms with E-state index < -0.39 is 5.60 Å². The van der Waals surface area contributed by atoms with Crippen molar-refractivity contribution in [1.29, 1.82) is 0 Å². The molecule has 0 aromatic carbocycles. The van der Waals surface area contributed by atoms with Crippen LogP contribution in [-0.2, 0) is 9.53 Å². The summed E-state index contributed by atoms with van der Waals surface area (Å²) in [4.78, 5) is 25.6. The van der Waals surface area contributed by atoms with Gasteiger partial charge in [-0.05, 0) is 33.6 Å². The van der Waals surface area contributed by atoms with E-state index in [0.717, 1.165) is 19.4 Å². The van der Waals surface area contributed by atoms with Crippen molar-refractivity contribution in [1.82, 2.24) is 15.5 Å². The molecule has 1 saturated carbocycles. The van der Waals surface area contributed by atoms with Gasteiger partial charge < -0.3 is 20.3 Å². The van der Waals surface area contributed by atoms with Gasteiger partial charge in [-0.2, -0.15) is 0 Å². The number of amides is 2. The van der Waals surface area contributed by atoms with Crippen LogP contribution < -0.4 is 10.6 Å². The third kappa shape index (κ3) is 3.54. The standard InChI is InChI=1S/C16H29N3O3/c1-15(2,3)22-14(21)18-12-9-11(16(12,4)5)17-10-7-8-19(6)13(10)20/h10-12,17H,7-9H2,1-6H3,(H,18,21)/t10-,11-,12+/m0/s1. The van der Waals surface area contributed by atoms with Gasteiger partial charge in [-0.1, -0.05) is 13.8 Å². The van der Waals surface area contributed by atoms with Gasteiger partial charge >= 0.3 is 6.09 Å². The molecule has 1 heterocycles. The van der Waals surface area contributed by atoms with Crippen LogP contribution in [0.3, 0.4) is 0 Å². The molecule has 0 unspecified atom stereocenters. The topological polar surface area (TPSA) is 70.7 Å². The number of nitrogens with one attached hydrogen (secondary N) is 2. The Hall–Kier alpha value is -1.30. The number of nitrogens with zero attached hydrogens (tertiary/aromatic N) is 1. The number of ether oxygens (including phenoxy) is 1. The van der Waals surface area contributed by atoms with E-state index >= 15 is 0 Å². The van der Waals surface area contributed by atoms with E-state index in [1.165, 1.54) is 0 Å². The van der Waals surface area contributed by atoms with Gasteiger partial charge in [0.15, 0.2) is 0 Å². The molecular weight excluding hydrogens is 282 g/mol. The third-order valence-electron chi connectivity index (χ3n) is 4.79. The molecule has 2 rings (SSSR count). The fraction of sp³-hybridized carbons (Fsp3) is 0.875. The third-order valence-corrected chi connectivity index (χ3v) is 4.79. The Bertz CT molecular complexity index is 456. The molecule has 2 aliphatic rings. The van der Waals surface area contributed by atoms with Crippen LogP contribution in [0.2, 0.25) is 0 Å². The lowest BCUT2D eigenvalue weighted by molar-refractivity contribution is -0.129. The molecule has 0 aromatic rings. The van der Waals surface area contributed by atoms with E-state index in [1.807, 2.05) is 27.8 Å². The summed E-state index contributed by atoms with van der Waals surface area (Å²) in [6.45, 7) is 10.6. The monoisotopic (exact) mass is 311 g/mol. The smallest absolute Gasteiger partial charge is 0.407 e. The largest absolute Gasteiger partial charge is 0.444 e. The summed E-state index contributed by atoms with van der Waals surface area (Å²) in [5, 5.41) is 6.40. The number of rotatable bonds is 3. The number of hydrogen-bond donors (Lipinski definition) is 2. The molecule has 0 spiro atoms. The number of carbonyl (C=O) groups is 2. The van der Waals surface area contributed by atoms with Crippen LogP contribution in [0.5, 0.6) is 0 Å². The van der Waals surface area contributed by atoms with E-state index in [4.69, 9.17) is 4.74 Å². The van der Waals surface area contributed by atoms with Crippen molar-refractivity contribution in [2.75, 3.05) is 13.6 Å².